The third kappa shape index (κ3) is 3.75. The number of thioether (sulfide) groups is 1. The van der Waals surface area contributed by atoms with Crippen LogP contribution >= 0.6 is 11.8 Å². The Labute approximate surface area is 83.8 Å². The standard InChI is InChI=1S/C7H11F3N2OS/c8-7(9,10)14-4-6(13)12-2-1-5(11)3-12/h5H,1-4,11H2/t5-/m0/s1. The quantitative estimate of drug-likeness (QED) is 0.760. The number of halogens is 3. The molecule has 3 nitrogen and oxygen atoms in total. The predicted octanol–water partition coefficient (Wildman–Crippen LogP) is 0.799. The van der Waals surface area contributed by atoms with Crippen LogP contribution in [0.1, 0.15) is 6.42 Å². The number of nitrogens with zero attached hydrogens (tertiary/aromatic N) is 1. The first-order chi connectivity index (χ1) is 6.38. The highest BCUT2D eigenvalue weighted by Crippen LogP contribution is 2.30. The zero-order valence-electron chi connectivity index (χ0n) is 7.38. The average Bonchev–Trinajstić information content (AvgIpc) is 2.46. The molecule has 0 aromatic carbocycles. The Morgan fingerprint density at radius 1 is 1.57 bits per heavy atom. The fourth-order valence-corrected chi connectivity index (χ4v) is 1.72. The molecule has 1 aliphatic heterocycles. The van der Waals surface area contributed by atoms with Crippen molar-refractivity contribution in [3.8, 4) is 0 Å². The van der Waals surface area contributed by atoms with E-state index in [2.05, 4.69) is 0 Å². The molecule has 1 atom stereocenters. The lowest BCUT2D eigenvalue weighted by Gasteiger charge is -2.15. The van der Waals surface area contributed by atoms with Gasteiger partial charge >= 0.3 is 5.51 Å². The summed E-state index contributed by atoms with van der Waals surface area (Å²) in [5.41, 5.74) is 1.19. The van der Waals surface area contributed by atoms with Crippen molar-refractivity contribution in [2.45, 2.75) is 18.0 Å². The Kier molecular flexibility index (Phi) is 3.65. The second-order valence-electron chi connectivity index (χ2n) is 3.12. The summed E-state index contributed by atoms with van der Waals surface area (Å²) in [6.07, 6.45) is 0.669. The van der Waals surface area contributed by atoms with E-state index in [9.17, 15) is 18.0 Å². The van der Waals surface area contributed by atoms with E-state index in [1.165, 1.54) is 4.90 Å². The van der Waals surface area contributed by atoms with Crippen LogP contribution in [-0.4, -0.2) is 41.2 Å². The van der Waals surface area contributed by atoms with Crippen LogP contribution in [0.15, 0.2) is 0 Å². The van der Waals surface area contributed by atoms with Gasteiger partial charge in [-0.2, -0.15) is 13.2 Å². The normalized spacial score (nSPS) is 22.9. The fourth-order valence-electron chi connectivity index (χ4n) is 1.25. The number of carbonyl (C=O) groups is 1. The Balaban J connectivity index is 2.29. The summed E-state index contributed by atoms with van der Waals surface area (Å²) in [7, 11) is 0. The first kappa shape index (κ1) is 11.6. The third-order valence-corrected chi connectivity index (χ3v) is 2.66. The lowest BCUT2D eigenvalue weighted by molar-refractivity contribution is -0.127. The molecule has 0 radical (unpaired) electrons. The van der Waals surface area contributed by atoms with E-state index in [0.29, 0.717) is 19.5 Å². The summed E-state index contributed by atoms with van der Waals surface area (Å²) in [6.45, 7) is 0.843. The molecule has 0 unspecified atom stereocenters. The summed E-state index contributed by atoms with van der Waals surface area (Å²) in [5.74, 6) is -1.03. The van der Waals surface area contributed by atoms with Gasteiger partial charge in [0.2, 0.25) is 5.91 Å². The van der Waals surface area contributed by atoms with Crippen LogP contribution in [0.2, 0.25) is 0 Å². The van der Waals surface area contributed by atoms with Gasteiger partial charge in [-0.3, -0.25) is 4.79 Å². The molecular weight excluding hydrogens is 217 g/mol. The van der Waals surface area contributed by atoms with Crippen LogP contribution < -0.4 is 5.73 Å². The predicted molar refractivity (Wildman–Crippen MR) is 47.7 cm³/mol. The summed E-state index contributed by atoms with van der Waals surface area (Å²) < 4.78 is 35.2. The summed E-state index contributed by atoms with van der Waals surface area (Å²) in [6, 6.07) is -0.0881. The largest absolute Gasteiger partial charge is 0.442 e. The minimum atomic E-state index is -4.34. The van der Waals surface area contributed by atoms with Crippen LogP contribution in [-0.2, 0) is 4.79 Å². The zero-order chi connectivity index (χ0) is 10.8. The Morgan fingerprint density at radius 3 is 2.64 bits per heavy atom. The SMILES string of the molecule is N[C@H]1CCN(C(=O)CSC(F)(F)F)C1. The molecule has 1 saturated heterocycles. The molecule has 1 rings (SSSR count). The molecule has 0 bridgehead atoms. The molecule has 14 heavy (non-hydrogen) atoms. The minimum absolute atomic E-state index is 0.0881. The van der Waals surface area contributed by atoms with Gasteiger partial charge in [0.05, 0.1) is 5.75 Å². The Morgan fingerprint density at radius 2 is 2.21 bits per heavy atom. The maximum absolute atomic E-state index is 11.7. The molecular formula is C7H11F3N2OS. The van der Waals surface area contributed by atoms with Crippen molar-refractivity contribution in [1.29, 1.82) is 0 Å². The van der Waals surface area contributed by atoms with Gasteiger partial charge < -0.3 is 10.6 Å². The van der Waals surface area contributed by atoms with E-state index < -0.39 is 17.2 Å². The summed E-state index contributed by atoms with van der Waals surface area (Å²) in [4.78, 5) is 12.6. The molecule has 1 aliphatic rings. The number of rotatable bonds is 2. The van der Waals surface area contributed by atoms with E-state index in [-0.39, 0.29) is 17.8 Å². The highest BCUT2D eigenvalue weighted by atomic mass is 32.2. The number of nitrogens with two attached hydrogens (primary N) is 1. The molecule has 1 fully saturated rings. The highest BCUT2D eigenvalue weighted by molar-refractivity contribution is 8.00. The molecule has 82 valence electrons. The van der Waals surface area contributed by atoms with Gasteiger partial charge in [0, 0.05) is 19.1 Å². The van der Waals surface area contributed by atoms with E-state index in [0.717, 1.165) is 0 Å². The number of alkyl halides is 3. The minimum Gasteiger partial charge on any atom is -0.340 e. The molecule has 7 heteroatoms. The van der Waals surface area contributed by atoms with Gasteiger partial charge in [-0.15, -0.1) is 0 Å². The van der Waals surface area contributed by atoms with Crippen molar-refractivity contribution >= 4 is 17.7 Å². The van der Waals surface area contributed by atoms with Crippen molar-refractivity contribution in [2.75, 3.05) is 18.8 Å². The Bertz CT molecular complexity index is 221. The molecule has 1 amide bonds. The van der Waals surface area contributed by atoms with Crippen molar-refractivity contribution in [2.24, 2.45) is 5.73 Å². The second-order valence-corrected chi connectivity index (χ2v) is 4.16. The Hall–Kier alpha value is -0.430. The van der Waals surface area contributed by atoms with E-state index in [1.54, 1.807) is 0 Å². The van der Waals surface area contributed by atoms with Gasteiger partial charge in [-0.1, -0.05) is 0 Å². The average molecular weight is 228 g/mol. The maximum atomic E-state index is 11.7. The van der Waals surface area contributed by atoms with E-state index >= 15 is 0 Å². The highest BCUT2D eigenvalue weighted by Gasteiger charge is 2.31. The molecule has 0 spiro atoms. The van der Waals surface area contributed by atoms with Crippen LogP contribution in [0.4, 0.5) is 13.2 Å². The van der Waals surface area contributed by atoms with Crippen molar-refractivity contribution in [3.63, 3.8) is 0 Å². The summed E-state index contributed by atoms with van der Waals surface area (Å²) >= 11 is -0.302. The monoisotopic (exact) mass is 228 g/mol. The number of carbonyl (C=O) groups excluding carboxylic acids is 1. The zero-order valence-corrected chi connectivity index (χ0v) is 8.20. The maximum Gasteiger partial charge on any atom is 0.442 e. The number of hydrogen-bond acceptors (Lipinski definition) is 3. The molecule has 0 aromatic heterocycles. The lowest BCUT2D eigenvalue weighted by Crippen LogP contribution is -2.33. The van der Waals surface area contributed by atoms with Crippen molar-refractivity contribution in [3.05, 3.63) is 0 Å². The number of amides is 1. The van der Waals surface area contributed by atoms with Gasteiger partial charge in [-0.25, -0.2) is 0 Å². The molecule has 1 heterocycles. The van der Waals surface area contributed by atoms with Crippen molar-refractivity contribution in [1.82, 2.24) is 4.90 Å². The molecule has 0 saturated carbocycles. The van der Waals surface area contributed by atoms with Gasteiger partial charge in [-0.05, 0) is 18.2 Å². The first-order valence-corrected chi connectivity index (χ1v) is 5.11. The van der Waals surface area contributed by atoms with Crippen LogP contribution in [0.5, 0.6) is 0 Å². The lowest BCUT2D eigenvalue weighted by atomic mass is 10.3. The molecule has 0 aliphatic carbocycles. The number of hydrogen-bond donors (Lipinski definition) is 1. The van der Waals surface area contributed by atoms with E-state index in [1.807, 2.05) is 0 Å². The summed E-state index contributed by atoms with van der Waals surface area (Å²) in [5, 5.41) is 0. The fraction of sp³-hybridized carbons (Fsp3) is 0.857. The number of likely N-dealkylation sites (tertiary alicyclic amines) is 1. The third-order valence-electron chi connectivity index (χ3n) is 1.94. The van der Waals surface area contributed by atoms with Crippen molar-refractivity contribution < 1.29 is 18.0 Å². The van der Waals surface area contributed by atoms with Gasteiger partial charge in [0.1, 0.15) is 0 Å². The van der Waals surface area contributed by atoms with Crippen LogP contribution in [0, 0.1) is 0 Å². The molecule has 0 aromatic rings. The van der Waals surface area contributed by atoms with Crippen LogP contribution in [0.3, 0.4) is 0 Å². The smallest absolute Gasteiger partial charge is 0.340 e. The second kappa shape index (κ2) is 4.39. The first-order valence-electron chi connectivity index (χ1n) is 4.12. The topological polar surface area (TPSA) is 46.3 Å². The van der Waals surface area contributed by atoms with Crippen LogP contribution in [0.25, 0.3) is 0 Å². The molecule has 2 N–H and O–H groups in total. The van der Waals surface area contributed by atoms with E-state index in [4.69, 9.17) is 5.73 Å². The van der Waals surface area contributed by atoms with Gasteiger partial charge in [0.25, 0.3) is 0 Å². The van der Waals surface area contributed by atoms with Gasteiger partial charge in [0.15, 0.2) is 0 Å².